The molecule has 2 atom stereocenters. The summed E-state index contributed by atoms with van der Waals surface area (Å²) in [4.78, 5) is 4.77. The van der Waals surface area contributed by atoms with Gasteiger partial charge in [-0.25, -0.2) is 0 Å². The number of nitrogens with zero attached hydrogens (tertiary/aromatic N) is 1. The van der Waals surface area contributed by atoms with Crippen LogP contribution in [0.3, 0.4) is 0 Å². The van der Waals surface area contributed by atoms with Gasteiger partial charge in [-0.1, -0.05) is 20.8 Å². The molecule has 1 fully saturated rings. The van der Waals surface area contributed by atoms with Crippen LogP contribution < -0.4 is 10.6 Å². The maximum Gasteiger partial charge on any atom is 0.191 e. The second-order valence-corrected chi connectivity index (χ2v) is 8.75. The zero-order valence-electron chi connectivity index (χ0n) is 14.6. The zero-order valence-corrected chi connectivity index (χ0v) is 15.4. The van der Waals surface area contributed by atoms with Gasteiger partial charge < -0.3 is 15.4 Å². The third kappa shape index (κ3) is 6.47. The van der Waals surface area contributed by atoms with Crippen molar-refractivity contribution in [2.75, 3.05) is 32.5 Å². The summed E-state index contributed by atoms with van der Waals surface area (Å²) in [6, 6.07) is 0. The van der Waals surface area contributed by atoms with E-state index < -0.39 is 0 Å². The standard InChI is InChI=1S/C16H33N3OS/c1-7-17-14(18-11-13(20-6)15(2,3)4)19-12-16(5)9-8-10-21-16/h13H,7-12H2,1-6H3,(H2,17,18,19). The summed E-state index contributed by atoms with van der Waals surface area (Å²) in [5, 5.41) is 6.75. The van der Waals surface area contributed by atoms with Crippen LogP contribution in [0.1, 0.15) is 47.5 Å². The smallest absolute Gasteiger partial charge is 0.191 e. The van der Waals surface area contributed by atoms with E-state index >= 15 is 0 Å². The first kappa shape index (κ1) is 18.6. The molecule has 1 rings (SSSR count). The van der Waals surface area contributed by atoms with Gasteiger partial charge in [-0.15, -0.1) is 0 Å². The van der Waals surface area contributed by atoms with Crippen LogP contribution in [0.5, 0.6) is 0 Å². The van der Waals surface area contributed by atoms with Crippen molar-refractivity contribution < 1.29 is 4.74 Å². The molecule has 4 nitrogen and oxygen atoms in total. The SMILES string of the molecule is CCNC(=NCC1(C)CCCS1)NCC(OC)C(C)(C)C. The molecule has 5 heteroatoms. The highest BCUT2D eigenvalue weighted by Crippen LogP contribution is 2.37. The number of hydrogen-bond donors (Lipinski definition) is 2. The monoisotopic (exact) mass is 315 g/mol. The summed E-state index contributed by atoms with van der Waals surface area (Å²) >= 11 is 2.05. The van der Waals surface area contributed by atoms with E-state index in [2.05, 4.69) is 57.0 Å². The molecule has 2 N–H and O–H groups in total. The molecule has 0 aromatic rings. The third-order valence-electron chi connectivity index (χ3n) is 3.92. The second kappa shape index (κ2) is 8.28. The second-order valence-electron chi connectivity index (χ2n) is 7.07. The van der Waals surface area contributed by atoms with Crippen molar-refractivity contribution in [1.29, 1.82) is 0 Å². The predicted octanol–water partition coefficient (Wildman–Crippen LogP) is 2.89. The fourth-order valence-electron chi connectivity index (χ4n) is 2.48. The third-order valence-corrected chi connectivity index (χ3v) is 5.44. The number of rotatable bonds is 6. The van der Waals surface area contributed by atoms with Gasteiger partial charge in [0, 0.05) is 24.9 Å². The minimum atomic E-state index is 0.117. The van der Waals surface area contributed by atoms with E-state index in [0.717, 1.165) is 25.6 Å². The molecule has 124 valence electrons. The topological polar surface area (TPSA) is 45.7 Å². The number of methoxy groups -OCH3 is 1. The van der Waals surface area contributed by atoms with Crippen LogP contribution in [0.15, 0.2) is 4.99 Å². The Morgan fingerprint density at radius 3 is 2.57 bits per heavy atom. The fraction of sp³-hybridized carbons (Fsp3) is 0.938. The molecule has 1 heterocycles. The van der Waals surface area contributed by atoms with Gasteiger partial charge >= 0.3 is 0 Å². The highest BCUT2D eigenvalue weighted by molar-refractivity contribution is 8.00. The Bertz CT molecular complexity index is 333. The van der Waals surface area contributed by atoms with Crippen LogP contribution in [-0.2, 0) is 4.74 Å². The van der Waals surface area contributed by atoms with Crippen molar-refractivity contribution in [3.63, 3.8) is 0 Å². The molecule has 1 saturated heterocycles. The first-order valence-electron chi connectivity index (χ1n) is 7.99. The summed E-state index contributed by atoms with van der Waals surface area (Å²) in [5.74, 6) is 2.17. The maximum atomic E-state index is 5.59. The molecule has 0 bridgehead atoms. The Morgan fingerprint density at radius 1 is 1.38 bits per heavy atom. The highest BCUT2D eigenvalue weighted by atomic mass is 32.2. The number of guanidine groups is 1. The minimum Gasteiger partial charge on any atom is -0.379 e. The Hall–Kier alpha value is -0.420. The Kier molecular flexibility index (Phi) is 7.34. The van der Waals surface area contributed by atoms with Gasteiger partial charge in [-0.2, -0.15) is 11.8 Å². The summed E-state index contributed by atoms with van der Waals surface area (Å²) in [7, 11) is 1.78. The van der Waals surface area contributed by atoms with Crippen molar-refractivity contribution in [3.05, 3.63) is 0 Å². The van der Waals surface area contributed by atoms with Gasteiger partial charge in [0.15, 0.2) is 5.96 Å². The van der Waals surface area contributed by atoms with Gasteiger partial charge in [0.2, 0.25) is 0 Å². The Balaban J connectivity index is 2.56. The molecule has 1 aliphatic rings. The van der Waals surface area contributed by atoms with E-state index in [1.54, 1.807) is 7.11 Å². The maximum absolute atomic E-state index is 5.59. The molecular formula is C16H33N3OS. The molecule has 0 spiro atoms. The number of nitrogens with one attached hydrogen (secondary N) is 2. The highest BCUT2D eigenvalue weighted by Gasteiger charge is 2.29. The first-order chi connectivity index (χ1) is 9.80. The van der Waals surface area contributed by atoms with Crippen LogP contribution in [0.2, 0.25) is 0 Å². The van der Waals surface area contributed by atoms with E-state index in [4.69, 9.17) is 9.73 Å². The van der Waals surface area contributed by atoms with E-state index in [-0.39, 0.29) is 11.5 Å². The molecule has 0 radical (unpaired) electrons. The molecule has 0 aliphatic carbocycles. The van der Waals surface area contributed by atoms with Gasteiger partial charge in [-0.05, 0) is 37.9 Å². The number of ether oxygens (including phenoxy) is 1. The number of aliphatic imine (C=N–C) groups is 1. The lowest BCUT2D eigenvalue weighted by molar-refractivity contribution is 0.0205. The minimum absolute atomic E-state index is 0.117. The summed E-state index contributed by atoms with van der Waals surface area (Å²) in [5.41, 5.74) is 0.117. The number of thioether (sulfide) groups is 1. The van der Waals surface area contributed by atoms with Crippen molar-refractivity contribution in [1.82, 2.24) is 10.6 Å². The molecule has 2 unspecified atom stereocenters. The Morgan fingerprint density at radius 2 is 2.10 bits per heavy atom. The van der Waals surface area contributed by atoms with Gasteiger partial charge in [-0.3, -0.25) is 4.99 Å². The zero-order chi connectivity index (χ0) is 15.9. The van der Waals surface area contributed by atoms with Crippen LogP contribution in [0.4, 0.5) is 0 Å². The van der Waals surface area contributed by atoms with E-state index in [9.17, 15) is 0 Å². The molecule has 0 aromatic carbocycles. The van der Waals surface area contributed by atoms with E-state index in [1.807, 2.05) is 0 Å². The summed E-state index contributed by atoms with van der Waals surface area (Å²) < 4.78 is 5.90. The lowest BCUT2D eigenvalue weighted by Crippen LogP contribution is -2.45. The van der Waals surface area contributed by atoms with Crippen molar-refractivity contribution >= 4 is 17.7 Å². The average Bonchev–Trinajstić information content (AvgIpc) is 2.82. The van der Waals surface area contributed by atoms with Crippen LogP contribution in [0, 0.1) is 5.41 Å². The lowest BCUT2D eigenvalue weighted by atomic mass is 9.89. The molecule has 0 aromatic heterocycles. The van der Waals surface area contributed by atoms with Gasteiger partial charge in [0.05, 0.1) is 12.6 Å². The van der Waals surface area contributed by atoms with Crippen LogP contribution in [0.25, 0.3) is 0 Å². The van der Waals surface area contributed by atoms with Crippen molar-refractivity contribution in [2.24, 2.45) is 10.4 Å². The molecular weight excluding hydrogens is 282 g/mol. The Labute approximate surface area is 134 Å². The van der Waals surface area contributed by atoms with Gasteiger partial charge in [0.25, 0.3) is 0 Å². The number of hydrogen-bond acceptors (Lipinski definition) is 3. The summed E-state index contributed by atoms with van der Waals surface area (Å²) in [6.45, 7) is 13.5. The largest absolute Gasteiger partial charge is 0.379 e. The van der Waals surface area contributed by atoms with Gasteiger partial charge in [0.1, 0.15) is 0 Å². The van der Waals surface area contributed by atoms with Crippen LogP contribution >= 0.6 is 11.8 Å². The normalized spacial score (nSPS) is 25.0. The average molecular weight is 316 g/mol. The fourth-order valence-corrected chi connectivity index (χ4v) is 3.71. The summed E-state index contributed by atoms with van der Waals surface area (Å²) in [6.07, 6.45) is 2.75. The molecule has 1 aliphatic heterocycles. The van der Waals surface area contributed by atoms with Crippen LogP contribution in [-0.4, -0.2) is 49.3 Å². The van der Waals surface area contributed by atoms with Crippen molar-refractivity contribution in [2.45, 2.75) is 58.3 Å². The van der Waals surface area contributed by atoms with E-state index in [1.165, 1.54) is 18.6 Å². The quantitative estimate of drug-likeness (QED) is 0.584. The molecule has 0 saturated carbocycles. The lowest BCUT2D eigenvalue weighted by Gasteiger charge is -2.30. The van der Waals surface area contributed by atoms with Crippen molar-refractivity contribution in [3.8, 4) is 0 Å². The predicted molar refractivity (Wildman–Crippen MR) is 94.3 cm³/mol. The molecule has 0 amide bonds. The van der Waals surface area contributed by atoms with E-state index in [0.29, 0.717) is 4.75 Å². The first-order valence-corrected chi connectivity index (χ1v) is 8.98. The molecule has 21 heavy (non-hydrogen) atoms.